The number of aromatic amines is 1. The van der Waals surface area contributed by atoms with E-state index in [-0.39, 0.29) is 11.9 Å². The molecule has 1 atom stereocenters. The van der Waals surface area contributed by atoms with Crippen molar-refractivity contribution in [2.24, 2.45) is 0 Å². The van der Waals surface area contributed by atoms with Gasteiger partial charge in [-0.3, -0.25) is 9.89 Å². The van der Waals surface area contributed by atoms with Gasteiger partial charge in [-0.1, -0.05) is 49.7 Å². The zero-order valence-electron chi connectivity index (χ0n) is 22.1. The van der Waals surface area contributed by atoms with E-state index in [0.29, 0.717) is 30.3 Å². The Morgan fingerprint density at radius 3 is 2.45 bits per heavy atom. The smallest absolute Gasteiger partial charge is 0.273 e. The standard InChI is InChI=1S/C31H33N3O4/c1-4-5-19-38-25-16-13-23(20-26(25)37-3)30-27-28(22-11-14-24(36-2)15-12-22)32-33-29(27)31(35)34(30)18-17-21-9-7-6-8-10-21/h6-16,20,30H,4-5,17-19H2,1-3H3,(H,32,33). The highest BCUT2D eigenvalue weighted by atomic mass is 16.5. The minimum absolute atomic E-state index is 0.0598. The zero-order valence-corrected chi connectivity index (χ0v) is 22.1. The first-order chi connectivity index (χ1) is 18.6. The number of ether oxygens (including phenoxy) is 3. The number of hydrogen-bond acceptors (Lipinski definition) is 5. The number of aromatic nitrogens is 2. The summed E-state index contributed by atoms with van der Waals surface area (Å²) in [4.78, 5) is 15.6. The van der Waals surface area contributed by atoms with Crippen molar-refractivity contribution in [1.82, 2.24) is 15.1 Å². The Bertz CT molecular complexity index is 1380. The van der Waals surface area contributed by atoms with E-state index in [9.17, 15) is 4.79 Å². The molecule has 38 heavy (non-hydrogen) atoms. The monoisotopic (exact) mass is 511 g/mol. The summed E-state index contributed by atoms with van der Waals surface area (Å²) >= 11 is 0. The maximum atomic E-state index is 13.7. The third-order valence-corrected chi connectivity index (χ3v) is 6.97. The fourth-order valence-electron chi connectivity index (χ4n) is 4.94. The molecule has 0 saturated heterocycles. The number of H-pyrrole nitrogens is 1. The molecule has 1 unspecified atom stereocenters. The van der Waals surface area contributed by atoms with Crippen molar-refractivity contribution in [1.29, 1.82) is 0 Å². The van der Waals surface area contributed by atoms with Crippen LogP contribution in [0, 0.1) is 0 Å². The molecular weight excluding hydrogens is 478 g/mol. The summed E-state index contributed by atoms with van der Waals surface area (Å²) in [7, 11) is 3.29. The number of nitrogens with one attached hydrogen (secondary N) is 1. The lowest BCUT2D eigenvalue weighted by Crippen LogP contribution is -2.31. The Labute approximate surface area is 223 Å². The lowest BCUT2D eigenvalue weighted by molar-refractivity contribution is 0.0745. The summed E-state index contributed by atoms with van der Waals surface area (Å²) in [6.45, 7) is 3.33. The molecule has 0 radical (unpaired) electrons. The second-order valence-electron chi connectivity index (χ2n) is 9.34. The van der Waals surface area contributed by atoms with E-state index in [2.05, 4.69) is 29.3 Å². The van der Waals surface area contributed by atoms with Gasteiger partial charge < -0.3 is 19.1 Å². The van der Waals surface area contributed by atoms with Gasteiger partial charge in [0.15, 0.2) is 11.5 Å². The molecular formula is C31H33N3O4. The average Bonchev–Trinajstić information content (AvgIpc) is 3.51. The van der Waals surface area contributed by atoms with Crippen molar-refractivity contribution < 1.29 is 19.0 Å². The minimum atomic E-state index is -0.323. The van der Waals surface area contributed by atoms with E-state index >= 15 is 0 Å². The van der Waals surface area contributed by atoms with Crippen LogP contribution < -0.4 is 14.2 Å². The molecule has 0 fully saturated rings. The van der Waals surface area contributed by atoms with Crippen LogP contribution in [0.5, 0.6) is 17.2 Å². The van der Waals surface area contributed by atoms with Crippen molar-refractivity contribution in [2.75, 3.05) is 27.4 Å². The highest BCUT2D eigenvalue weighted by molar-refractivity contribution is 6.00. The molecule has 3 aromatic carbocycles. The Balaban J connectivity index is 1.55. The number of benzene rings is 3. The number of nitrogens with zero attached hydrogens (tertiary/aromatic N) is 2. The van der Waals surface area contributed by atoms with Gasteiger partial charge in [0.05, 0.1) is 32.6 Å². The number of carbonyl (C=O) groups is 1. The molecule has 196 valence electrons. The van der Waals surface area contributed by atoms with Crippen LogP contribution in [0.4, 0.5) is 0 Å². The summed E-state index contributed by atoms with van der Waals surface area (Å²) in [6, 6.07) is 23.6. The highest BCUT2D eigenvalue weighted by Gasteiger charge is 2.42. The lowest BCUT2D eigenvalue weighted by Gasteiger charge is -2.27. The SMILES string of the molecule is CCCCOc1ccc(C2c3c(-c4ccc(OC)cc4)n[nH]c3C(=O)N2CCc2ccccc2)cc1OC. The third-order valence-electron chi connectivity index (χ3n) is 6.97. The summed E-state index contributed by atoms with van der Waals surface area (Å²) < 4.78 is 17.0. The quantitative estimate of drug-likeness (QED) is 0.248. The molecule has 1 aliphatic heterocycles. The van der Waals surface area contributed by atoms with Crippen molar-refractivity contribution in [3.8, 4) is 28.5 Å². The van der Waals surface area contributed by atoms with Gasteiger partial charge in [-0.05, 0) is 60.4 Å². The minimum Gasteiger partial charge on any atom is -0.497 e. The van der Waals surface area contributed by atoms with Crippen LogP contribution in [-0.4, -0.2) is 48.4 Å². The maximum absolute atomic E-state index is 13.7. The highest BCUT2D eigenvalue weighted by Crippen LogP contribution is 2.44. The first-order valence-electron chi connectivity index (χ1n) is 13.0. The molecule has 0 saturated carbocycles. The molecule has 4 aromatic rings. The molecule has 1 aliphatic rings. The van der Waals surface area contributed by atoms with Crippen LogP contribution in [0.1, 0.15) is 53.0 Å². The normalized spacial score (nSPS) is 14.4. The fraction of sp³-hybridized carbons (Fsp3) is 0.290. The number of carbonyl (C=O) groups excluding carboxylic acids is 1. The molecule has 0 aliphatic carbocycles. The Morgan fingerprint density at radius 2 is 1.74 bits per heavy atom. The van der Waals surface area contributed by atoms with Gasteiger partial charge in [0.2, 0.25) is 0 Å². The van der Waals surface area contributed by atoms with Gasteiger partial charge >= 0.3 is 0 Å². The molecule has 1 aromatic heterocycles. The number of amides is 1. The number of unbranched alkanes of at least 4 members (excludes halogenated alkanes) is 1. The predicted octanol–water partition coefficient (Wildman–Crippen LogP) is 6.06. The van der Waals surface area contributed by atoms with Gasteiger partial charge in [0.1, 0.15) is 11.4 Å². The van der Waals surface area contributed by atoms with Crippen LogP contribution in [0.25, 0.3) is 11.3 Å². The van der Waals surface area contributed by atoms with Gasteiger partial charge in [-0.25, -0.2) is 0 Å². The molecule has 1 amide bonds. The molecule has 0 spiro atoms. The number of rotatable bonds is 11. The number of fused-ring (bicyclic) bond motifs is 1. The number of hydrogen-bond donors (Lipinski definition) is 1. The molecule has 0 bridgehead atoms. The molecule has 1 N–H and O–H groups in total. The Hall–Kier alpha value is -4.26. The van der Waals surface area contributed by atoms with Crippen molar-refractivity contribution in [3.63, 3.8) is 0 Å². The van der Waals surface area contributed by atoms with E-state index in [1.54, 1.807) is 14.2 Å². The molecule has 5 rings (SSSR count). The average molecular weight is 512 g/mol. The predicted molar refractivity (Wildman–Crippen MR) is 147 cm³/mol. The molecule has 7 nitrogen and oxygen atoms in total. The molecule has 2 heterocycles. The lowest BCUT2D eigenvalue weighted by atomic mass is 9.95. The summed E-state index contributed by atoms with van der Waals surface area (Å²) in [5.74, 6) is 2.06. The third kappa shape index (κ3) is 4.96. The van der Waals surface area contributed by atoms with Crippen LogP contribution >= 0.6 is 0 Å². The van der Waals surface area contributed by atoms with Gasteiger partial charge in [-0.15, -0.1) is 0 Å². The fourth-order valence-corrected chi connectivity index (χ4v) is 4.94. The maximum Gasteiger partial charge on any atom is 0.273 e. The second-order valence-corrected chi connectivity index (χ2v) is 9.34. The van der Waals surface area contributed by atoms with E-state index in [4.69, 9.17) is 14.2 Å². The van der Waals surface area contributed by atoms with E-state index in [1.165, 1.54) is 5.56 Å². The largest absolute Gasteiger partial charge is 0.497 e. The van der Waals surface area contributed by atoms with Gasteiger partial charge in [0.25, 0.3) is 5.91 Å². The zero-order chi connectivity index (χ0) is 26.5. The van der Waals surface area contributed by atoms with Gasteiger partial charge in [-0.2, -0.15) is 5.10 Å². The second kappa shape index (κ2) is 11.4. The Morgan fingerprint density at radius 1 is 0.947 bits per heavy atom. The summed E-state index contributed by atoms with van der Waals surface area (Å²) in [5, 5.41) is 7.62. The van der Waals surface area contributed by atoms with Crippen LogP contribution in [0.2, 0.25) is 0 Å². The summed E-state index contributed by atoms with van der Waals surface area (Å²) in [6.07, 6.45) is 2.77. The van der Waals surface area contributed by atoms with E-state index in [1.807, 2.05) is 65.6 Å². The van der Waals surface area contributed by atoms with Crippen LogP contribution in [0.15, 0.2) is 72.8 Å². The summed E-state index contributed by atoms with van der Waals surface area (Å²) in [5.41, 5.74) is 5.19. The number of methoxy groups -OCH3 is 2. The first-order valence-corrected chi connectivity index (χ1v) is 13.0. The van der Waals surface area contributed by atoms with Crippen molar-refractivity contribution in [2.45, 2.75) is 32.2 Å². The van der Waals surface area contributed by atoms with Crippen molar-refractivity contribution >= 4 is 5.91 Å². The Kier molecular flexibility index (Phi) is 7.63. The topological polar surface area (TPSA) is 76.7 Å². The molecule has 7 heteroatoms. The van der Waals surface area contributed by atoms with Crippen LogP contribution in [0.3, 0.4) is 0 Å². The van der Waals surface area contributed by atoms with E-state index < -0.39 is 0 Å². The van der Waals surface area contributed by atoms with Crippen LogP contribution in [-0.2, 0) is 6.42 Å². The van der Waals surface area contributed by atoms with E-state index in [0.717, 1.165) is 47.4 Å². The van der Waals surface area contributed by atoms with Gasteiger partial charge in [0, 0.05) is 17.7 Å². The van der Waals surface area contributed by atoms with Crippen molar-refractivity contribution in [3.05, 3.63) is 95.2 Å². The first kappa shape index (κ1) is 25.4.